The zero-order chi connectivity index (χ0) is 10.8. The Morgan fingerprint density at radius 1 is 0.667 bits per heavy atom. The van der Waals surface area contributed by atoms with E-state index in [0.717, 1.165) is 25.7 Å². The van der Waals surface area contributed by atoms with Gasteiger partial charge in [0.25, 0.3) is 0 Å². The molecule has 0 aromatic rings. The molecular weight excluding hydrogens is 186 g/mol. The Balaban J connectivity index is 0.000000151. The minimum absolute atomic E-state index is 0.475. The minimum atomic E-state index is 0.475. The summed E-state index contributed by atoms with van der Waals surface area (Å²) in [5, 5.41) is 3.35. The van der Waals surface area contributed by atoms with Crippen LogP contribution in [0, 0.1) is 0 Å². The lowest BCUT2D eigenvalue weighted by molar-refractivity contribution is -0.118. The van der Waals surface area contributed by atoms with Crippen molar-refractivity contribution in [1.29, 1.82) is 0 Å². The molecule has 1 heterocycles. The summed E-state index contributed by atoms with van der Waals surface area (Å²) in [4.78, 5) is 10.7. The van der Waals surface area contributed by atoms with Gasteiger partial charge in [-0.05, 0) is 38.8 Å². The molecule has 2 rings (SSSR count). The highest BCUT2D eigenvalue weighted by Crippen LogP contribution is 2.12. The third kappa shape index (κ3) is 7.55. The molecule has 0 spiro atoms. The summed E-state index contributed by atoms with van der Waals surface area (Å²) in [6, 6.07) is 0. The van der Waals surface area contributed by atoms with Crippen molar-refractivity contribution in [3.05, 3.63) is 0 Å². The normalized spacial score (nSPS) is 23.3. The fourth-order valence-corrected chi connectivity index (χ4v) is 2.10. The molecule has 0 amide bonds. The van der Waals surface area contributed by atoms with Crippen molar-refractivity contribution >= 4 is 5.78 Å². The molecule has 2 fully saturated rings. The second-order valence-corrected chi connectivity index (χ2v) is 4.62. The Labute approximate surface area is 93.8 Å². The molecule has 1 N–H and O–H groups in total. The van der Waals surface area contributed by atoms with Crippen molar-refractivity contribution in [3.8, 4) is 0 Å². The molecule has 0 unspecified atom stereocenters. The van der Waals surface area contributed by atoms with Gasteiger partial charge in [0, 0.05) is 12.8 Å². The first-order chi connectivity index (χ1) is 7.39. The standard InChI is InChI=1S/C7H12O.C6H13N/c8-7-5-3-1-2-4-6-7;1-2-4-6-7-5-3-1/h1-6H2;7H,1-6H2. The van der Waals surface area contributed by atoms with Crippen molar-refractivity contribution in [2.45, 2.75) is 64.2 Å². The summed E-state index contributed by atoms with van der Waals surface area (Å²) in [5.41, 5.74) is 0. The molecule has 0 aromatic carbocycles. The van der Waals surface area contributed by atoms with Crippen LogP contribution in [0.5, 0.6) is 0 Å². The van der Waals surface area contributed by atoms with E-state index in [4.69, 9.17) is 0 Å². The third-order valence-corrected chi connectivity index (χ3v) is 3.12. The van der Waals surface area contributed by atoms with Crippen LogP contribution in [-0.2, 0) is 4.79 Å². The number of nitrogens with one attached hydrogen (secondary N) is 1. The van der Waals surface area contributed by atoms with E-state index in [0.29, 0.717) is 5.78 Å². The van der Waals surface area contributed by atoms with Crippen LogP contribution in [0.4, 0.5) is 0 Å². The van der Waals surface area contributed by atoms with E-state index in [9.17, 15) is 4.79 Å². The molecule has 2 aliphatic rings. The second-order valence-electron chi connectivity index (χ2n) is 4.62. The van der Waals surface area contributed by atoms with Gasteiger partial charge in [0.15, 0.2) is 0 Å². The molecule has 2 heteroatoms. The van der Waals surface area contributed by atoms with Gasteiger partial charge in [-0.3, -0.25) is 4.79 Å². The monoisotopic (exact) mass is 211 g/mol. The molecule has 88 valence electrons. The first-order valence-corrected chi connectivity index (χ1v) is 6.62. The van der Waals surface area contributed by atoms with Crippen molar-refractivity contribution in [2.24, 2.45) is 0 Å². The van der Waals surface area contributed by atoms with Gasteiger partial charge < -0.3 is 5.32 Å². The summed E-state index contributed by atoms with van der Waals surface area (Å²) in [6.45, 7) is 2.50. The average Bonchev–Trinajstić information content (AvgIpc) is 2.64. The van der Waals surface area contributed by atoms with Crippen LogP contribution in [0.3, 0.4) is 0 Å². The fraction of sp³-hybridized carbons (Fsp3) is 0.923. The van der Waals surface area contributed by atoms with E-state index in [2.05, 4.69) is 5.32 Å². The van der Waals surface area contributed by atoms with Gasteiger partial charge >= 0.3 is 0 Å². The van der Waals surface area contributed by atoms with E-state index < -0.39 is 0 Å². The second kappa shape index (κ2) is 8.90. The SMILES string of the molecule is C1CCCNCC1.O=C1CCCCCC1. The molecular formula is C13H25NO. The van der Waals surface area contributed by atoms with Gasteiger partial charge in [-0.15, -0.1) is 0 Å². The van der Waals surface area contributed by atoms with E-state index in [1.807, 2.05) is 0 Å². The first-order valence-electron chi connectivity index (χ1n) is 6.62. The maximum atomic E-state index is 10.7. The molecule has 0 radical (unpaired) electrons. The summed E-state index contributed by atoms with van der Waals surface area (Å²) in [6.07, 6.45) is 12.2. The minimum Gasteiger partial charge on any atom is -0.317 e. The molecule has 2 nitrogen and oxygen atoms in total. The van der Waals surface area contributed by atoms with Crippen LogP contribution in [0.15, 0.2) is 0 Å². The predicted octanol–water partition coefficient (Wildman–Crippen LogP) is 3.06. The smallest absolute Gasteiger partial charge is 0.132 e. The van der Waals surface area contributed by atoms with E-state index in [1.54, 1.807) is 0 Å². The summed E-state index contributed by atoms with van der Waals surface area (Å²) >= 11 is 0. The number of carbonyl (C=O) groups excluding carboxylic acids is 1. The summed E-state index contributed by atoms with van der Waals surface area (Å²) in [7, 11) is 0. The van der Waals surface area contributed by atoms with Crippen LogP contribution in [0.25, 0.3) is 0 Å². The van der Waals surface area contributed by atoms with Crippen molar-refractivity contribution in [3.63, 3.8) is 0 Å². The molecule has 1 aliphatic heterocycles. The zero-order valence-electron chi connectivity index (χ0n) is 9.89. The third-order valence-electron chi connectivity index (χ3n) is 3.12. The van der Waals surface area contributed by atoms with Crippen LogP contribution < -0.4 is 5.32 Å². The maximum Gasteiger partial charge on any atom is 0.132 e. The van der Waals surface area contributed by atoms with Gasteiger partial charge in [-0.25, -0.2) is 0 Å². The Bertz CT molecular complexity index is 138. The molecule has 0 bridgehead atoms. The summed E-state index contributed by atoms with van der Waals surface area (Å²) in [5.74, 6) is 0.475. The van der Waals surface area contributed by atoms with Crippen LogP contribution in [-0.4, -0.2) is 18.9 Å². The zero-order valence-corrected chi connectivity index (χ0v) is 9.89. The van der Waals surface area contributed by atoms with Gasteiger partial charge in [0.2, 0.25) is 0 Å². The Morgan fingerprint density at radius 2 is 1.13 bits per heavy atom. The number of rotatable bonds is 0. The predicted molar refractivity (Wildman–Crippen MR) is 64.0 cm³/mol. The van der Waals surface area contributed by atoms with Gasteiger partial charge in [-0.1, -0.05) is 25.7 Å². The average molecular weight is 211 g/mol. The molecule has 1 aliphatic carbocycles. The number of ketones is 1. The van der Waals surface area contributed by atoms with Crippen molar-refractivity contribution in [2.75, 3.05) is 13.1 Å². The number of hydrogen-bond acceptors (Lipinski definition) is 2. The van der Waals surface area contributed by atoms with E-state index in [1.165, 1.54) is 51.6 Å². The maximum absolute atomic E-state index is 10.7. The highest BCUT2D eigenvalue weighted by atomic mass is 16.1. The van der Waals surface area contributed by atoms with Crippen LogP contribution in [0.2, 0.25) is 0 Å². The van der Waals surface area contributed by atoms with Crippen LogP contribution in [0.1, 0.15) is 64.2 Å². The van der Waals surface area contributed by atoms with Gasteiger partial charge in [-0.2, -0.15) is 0 Å². The topological polar surface area (TPSA) is 29.1 Å². The van der Waals surface area contributed by atoms with Crippen molar-refractivity contribution < 1.29 is 4.79 Å². The lowest BCUT2D eigenvalue weighted by Crippen LogP contribution is -2.12. The molecule has 15 heavy (non-hydrogen) atoms. The molecule has 1 saturated carbocycles. The van der Waals surface area contributed by atoms with Crippen molar-refractivity contribution in [1.82, 2.24) is 5.32 Å². The van der Waals surface area contributed by atoms with Gasteiger partial charge in [0.1, 0.15) is 5.78 Å². The Morgan fingerprint density at radius 3 is 1.67 bits per heavy atom. The van der Waals surface area contributed by atoms with Gasteiger partial charge in [0.05, 0.1) is 0 Å². The molecule has 0 atom stereocenters. The molecule has 0 aromatic heterocycles. The largest absolute Gasteiger partial charge is 0.317 e. The van der Waals surface area contributed by atoms with E-state index >= 15 is 0 Å². The first kappa shape index (κ1) is 12.7. The fourth-order valence-electron chi connectivity index (χ4n) is 2.10. The highest BCUT2D eigenvalue weighted by Gasteiger charge is 2.05. The van der Waals surface area contributed by atoms with Crippen LogP contribution >= 0.6 is 0 Å². The van der Waals surface area contributed by atoms with E-state index in [-0.39, 0.29) is 0 Å². The number of Topliss-reactive ketones (excluding diaryl/α,β-unsaturated/α-hetero) is 1. The molecule has 1 saturated heterocycles. The number of hydrogen-bond donors (Lipinski definition) is 1. The highest BCUT2D eigenvalue weighted by molar-refractivity contribution is 5.78. The number of carbonyl (C=O) groups is 1. The lowest BCUT2D eigenvalue weighted by Gasteiger charge is -1.91. The Hall–Kier alpha value is -0.370. The Kier molecular flexibility index (Phi) is 7.53. The quantitative estimate of drug-likeness (QED) is 0.624. The lowest BCUT2D eigenvalue weighted by atomic mass is 10.2. The summed E-state index contributed by atoms with van der Waals surface area (Å²) < 4.78 is 0.